The van der Waals surface area contributed by atoms with Crippen LogP contribution in [0.25, 0.3) is 0 Å². The van der Waals surface area contributed by atoms with Gasteiger partial charge in [-0.2, -0.15) is 0 Å². The third-order valence-electron chi connectivity index (χ3n) is 1.98. The second-order valence-electron chi connectivity index (χ2n) is 3.31. The highest BCUT2D eigenvalue weighted by molar-refractivity contribution is 5.77. The molecule has 3 N–H and O–H groups in total. The molecule has 0 aliphatic rings. The predicted octanol–water partition coefficient (Wildman–Crippen LogP) is -0.347. The van der Waals surface area contributed by atoms with Gasteiger partial charge in [-0.05, 0) is 6.42 Å². The molecule has 0 spiro atoms. The first kappa shape index (κ1) is 11.6. The van der Waals surface area contributed by atoms with Crippen molar-refractivity contribution in [2.24, 2.45) is 5.73 Å². The van der Waals surface area contributed by atoms with E-state index in [0.29, 0.717) is 6.54 Å². The van der Waals surface area contributed by atoms with Crippen LogP contribution in [0, 0.1) is 0 Å². The Labute approximate surface area is 88.8 Å². The lowest BCUT2D eigenvalue weighted by atomic mass is 10.3. The summed E-state index contributed by atoms with van der Waals surface area (Å²) in [6.07, 6.45) is 4.05. The monoisotopic (exact) mass is 211 g/mol. The Hall–Kier alpha value is -1.43. The van der Waals surface area contributed by atoms with Gasteiger partial charge in [0.15, 0.2) is 0 Å². The molecule has 0 radical (unpaired) electrons. The molecule has 0 saturated carbocycles. The molecule has 1 heterocycles. The van der Waals surface area contributed by atoms with Gasteiger partial charge in [0.1, 0.15) is 5.69 Å². The fourth-order valence-corrected chi connectivity index (χ4v) is 1.11. The lowest BCUT2D eigenvalue weighted by Gasteiger charge is -1.98. The Morgan fingerprint density at radius 2 is 2.47 bits per heavy atom. The number of aryl methyl sites for hydroxylation is 1. The Bertz CT molecular complexity index is 309. The van der Waals surface area contributed by atoms with Crippen LogP contribution in [0.1, 0.15) is 25.5 Å². The summed E-state index contributed by atoms with van der Waals surface area (Å²) in [7, 11) is 0. The average molecular weight is 211 g/mol. The number of hydrogen-bond acceptors (Lipinski definition) is 4. The summed E-state index contributed by atoms with van der Waals surface area (Å²) in [4.78, 5) is 10.9. The van der Waals surface area contributed by atoms with E-state index < -0.39 is 0 Å². The van der Waals surface area contributed by atoms with Crippen molar-refractivity contribution in [3.05, 3.63) is 11.9 Å². The van der Waals surface area contributed by atoms with E-state index in [9.17, 15) is 4.79 Å². The lowest BCUT2D eigenvalue weighted by Crippen LogP contribution is -2.29. The third kappa shape index (κ3) is 4.07. The fourth-order valence-electron chi connectivity index (χ4n) is 1.11. The molecule has 0 aliphatic heterocycles. The molecule has 1 aromatic rings. The third-order valence-corrected chi connectivity index (χ3v) is 1.98. The van der Waals surface area contributed by atoms with Crippen LogP contribution in [0.3, 0.4) is 0 Å². The summed E-state index contributed by atoms with van der Waals surface area (Å²) in [6, 6.07) is 0. The second-order valence-corrected chi connectivity index (χ2v) is 3.31. The number of carbonyl (C=O) groups excluding carboxylic acids is 1. The molecule has 0 bridgehead atoms. The summed E-state index contributed by atoms with van der Waals surface area (Å²) in [5, 5.41) is 10.5. The van der Waals surface area contributed by atoms with E-state index in [-0.39, 0.29) is 12.5 Å². The van der Waals surface area contributed by atoms with E-state index in [1.165, 1.54) is 0 Å². The van der Waals surface area contributed by atoms with Crippen molar-refractivity contribution in [2.75, 3.05) is 6.54 Å². The number of amides is 1. The molecule has 0 saturated heterocycles. The number of rotatable bonds is 6. The summed E-state index contributed by atoms with van der Waals surface area (Å²) < 4.78 is 1.79. The number of hydrogen-bond donors (Lipinski definition) is 2. The predicted molar refractivity (Wildman–Crippen MR) is 55.8 cm³/mol. The highest BCUT2D eigenvalue weighted by Gasteiger charge is 2.02. The molecule has 1 rings (SSSR count). The zero-order valence-electron chi connectivity index (χ0n) is 8.94. The van der Waals surface area contributed by atoms with Gasteiger partial charge in [-0.3, -0.25) is 9.48 Å². The van der Waals surface area contributed by atoms with Crippen molar-refractivity contribution in [3.63, 3.8) is 0 Å². The molecule has 0 aromatic carbocycles. The van der Waals surface area contributed by atoms with Gasteiger partial charge in [-0.1, -0.05) is 18.6 Å². The molecule has 1 aromatic heterocycles. The van der Waals surface area contributed by atoms with Crippen molar-refractivity contribution in [1.29, 1.82) is 0 Å². The van der Waals surface area contributed by atoms with Gasteiger partial charge in [-0.15, -0.1) is 5.10 Å². The van der Waals surface area contributed by atoms with E-state index >= 15 is 0 Å². The minimum absolute atomic E-state index is 0.00394. The maximum absolute atomic E-state index is 10.9. The number of aromatic nitrogens is 3. The van der Waals surface area contributed by atoms with Crippen molar-refractivity contribution < 1.29 is 4.79 Å². The first-order chi connectivity index (χ1) is 7.26. The normalized spacial score (nSPS) is 10.3. The largest absolute Gasteiger partial charge is 0.349 e. The van der Waals surface area contributed by atoms with Gasteiger partial charge >= 0.3 is 0 Å². The summed E-state index contributed by atoms with van der Waals surface area (Å²) in [5.74, 6) is -0.182. The van der Waals surface area contributed by atoms with E-state index in [4.69, 9.17) is 5.73 Å². The molecule has 0 unspecified atom stereocenters. The molecule has 0 aliphatic carbocycles. The smallest absolute Gasteiger partial charge is 0.234 e. The molecule has 0 fully saturated rings. The van der Waals surface area contributed by atoms with E-state index in [0.717, 1.165) is 25.1 Å². The van der Waals surface area contributed by atoms with E-state index in [1.807, 2.05) is 6.20 Å². The zero-order valence-corrected chi connectivity index (χ0v) is 8.94. The Balaban J connectivity index is 2.35. The Morgan fingerprint density at radius 3 is 3.13 bits per heavy atom. The first-order valence-electron chi connectivity index (χ1n) is 5.12. The van der Waals surface area contributed by atoms with Crippen LogP contribution in [0.4, 0.5) is 0 Å². The minimum Gasteiger partial charge on any atom is -0.349 e. The molecule has 6 heteroatoms. The van der Waals surface area contributed by atoms with Crippen molar-refractivity contribution in [3.8, 4) is 0 Å². The first-order valence-corrected chi connectivity index (χ1v) is 5.12. The van der Waals surface area contributed by atoms with Gasteiger partial charge < -0.3 is 11.1 Å². The second kappa shape index (κ2) is 6.13. The number of carbonyl (C=O) groups is 1. The van der Waals surface area contributed by atoms with Crippen LogP contribution in [-0.2, 0) is 17.9 Å². The van der Waals surface area contributed by atoms with Crippen LogP contribution >= 0.6 is 0 Å². The van der Waals surface area contributed by atoms with E-state index in [1.54, 1.807) is 4.68 Å². The van der Waals surface area contributed by atoms with Crippen LogP contribution in [-0.4, -0.2) is 27.4 Å². The highest BCUT2D eigenvalue weighted by atomic mass is 16.1. The molecule has 0 atom stereocenters. The molecule has 15 heavy (non-hydrogen) atoms. The molecular weight excluding hydrogens is 194 g/mol. The van der Waals surface area contributed by atoms with E-state index in [2.05, 4.69) is 22.6 Å². The zero-order chi connectivity index (χ0) is 11.1. The minimum atomic E-state index is -0.182. The van der Waals surface area contributed by atoms with Gasteiger partial charge in [-0.25, -0.2) is 0 Å². The highest BCUT2D eigenvalue weighted by Crippen LogP contribution is 1.96. The Kier molecular flexibility index (Phi) is 4.76. The number of nitrogens with zero attached hydrogens (tertiary/aromatic N) is 3. The summed E-state index contributed by atoms with van der Waals surface area (Å²) in [6.45, 7) is 3.39. The lowest BCUT2D eigenvalue weighted by molar-refractivity contribution is -0.119. The van der Waals surface area contributed by atoms with Crippen LogP contribution in [0.2, 0.25) is 0 Å². The van der Waals surface area contributed by atoms with Crippen molar-refractivity contribution in [2.45, 2.75) is 32.9 Å². The number of unbranched alkanes of at least 4 members (excludes halogenated alkanes) is 1. The Morgan fingerprint density at radius 1 is 1.67 bits per heavy atom. The number of nitrogens with two attached hydrogens (primary N) is 1. The maximum Gasteiger partial charge on any atom is 0.234 e. The molecule has 6 nitrogen and oxygen atoms in total. The van der Waals surface area contributed by atoms with Crippen LogP contribution in [0.5, 0.6) is 0 Å². The maximum atomic E-state index is 10.9. The fraction of sp³-hybridized carbons (Fsp3) is 0.667. The average Bonchev–Trinajstić information content (AvgIpc) is 2.71. The summed E-state index contributed by atoms with van der Waals surface area (Å²) in [5.41, 5.74) is 5.91. The van der Waals surface area contributed by atoms with Gasteiger partial charge in [0.25, 0.3) is 0 Å². The van der Waals surface area contributed by atoms with Crippen LogP contribution in [0.15, 0.2) is 6.20 Å². The van der Waals surface area contributed by atoms with Gasteiger partial charge in [0.05, 0.1) is 19.3 Å². The van der Waals surface area contributed by atoms with Crippen molar-refractivity contribution >= 4 is 5.91 Å². The topological polar surface area (TPSA) is 85.8 Å². The standard InChI is InChI=1S/C9H17N5O/c1-2-3-4-14-7-8(12-13-14)6-11-9(15)5-10/h7H,2-6,10H2,1H3,(H,11,15). The quantitative estimate of drug-likeness (QED) is 0.673. The number of nitrogens with one attached hydrogen (secondary N) is 1. The molecular formula is C9H17N5O. The van der Waals surface area contributed by atoms with Gasteiger partial charge in [0.2, 0.25) is 5.91 Å². The molecule has 1 amide bonds. The van der Waals surface area contributed by atoms with Crippen LogP contribution < -0.4 is 11.1 Å². The van der Waals surface area contributed by atoms with Crippen molar-refractivity contribution in [1.82, 2.24) is 20.3 Å². The SMILES string of the molecule is CCCCn1cc(CNC(=O)CN)nn1. The summed E-state index contributed by atoms with van der Waals surface area (Å²) >= 11 is 0. The van der Waals surface area contributed by atoms with Gasteiger partial charge in [0, 0.05) is 6.54 Å². The molecule has 84 valence electrons.